The number of benzene rings is 2. The Balaban J connectivity index is 1.72. The summed E-state index contributed by atoms with van der Waals surface area (Å²) in [5, 5.41) is 3.26. The Bertz CT molecular complexity index is 1090. The summed E-state index contributed by atoms with van der Waals surface area (Å²) in [5.74, 6) is 0.853. The van der Waals surface area contributed by atoms with Gasteiger partial charge in [-0.2, -0.15) is 0 Å². The molecule has 6 nitrogen and oxygen atoms in total. The van der Waals surface area contributed by atoms with Crippen molar-refractivity contribution in [2.45, 2.75) is 23.1 Å². The molecular formula is C19H21N3O3S3. The largest absolute Gasteiger partial charge is 0.302 e. The lowest BCUT2D eigenvalue weighted by Gasteiger charge is -2.10. The fraction of sp³-hybridized carbons (Fsp3) is 0.263. The summed E-state index contributed by atoms with van der Waals surface area (Å²) < 4.78 is 26.4. The summed E-state index contributed by atoms with van der Waals surface area (Å²) in [6.45, 7) is 2.10. The lowest BCUT2D eigenvalue weighted by atomic mass is 10.1. The molecule has 1 amide bonds. The third kappa shape index (κ3) is 4.72. The van der Waals surface area contributed by atoms with Crippen LogP contribution < -0.4 is 5.32 Å². The molecule has 0 saturated heterocycles. The number of nitrogens with zero attached hydrogens (tertiary/aromatic N) is 2. The standard InChI is InChI=1S/C19H21N3O3S3/c1-4-26-14-7-5-13(6-8-14)11-18(23)21-19-20-16-10-9-15(12-17(16)27-19)28(24,25)22(2)3/h5-10,12H,4,11H2,1-3H3,(H,20,21,23). The highest BCUT2D eigenvalue weighted by molar-refractivity contribution is 7.99. The van der Waals surface area contributed by atoms with E-state index >= 15 is 0 Å². The van der Waals surface area contributed by atoms with Crippen LogP contribution in [-0.2, 0) is 21.2 Å². The van der Waals surface area contributed by atoms with E-state index < -0.39 is 10.0 Å². The van der Waals surface area contributed by atoms with Gasteiger partial charge in [-0.15, -0.1) is 11.8 Å². The van der Waals surface area contributed by atoms with E-state index in [1.165, 1.54) is 40.7 Å². The highest BCUT2D eigenvalue weighted by Gasteiger charge is 2.18. The topological polar surface area (TPSA) is 79.4 Å². The van der Waals surface area contributed by atoms with Gasteiger partial charge in [0.15, 0.2) is 5.13 Å². The molecule has 148 valence electrons. The summed E-state index contributed by atoms with van der Waals surface area (Å²) in [5.41, 5.74) is 1.58. The second-order valence-corrected chi connectivity index (χ2v) is 10.8. The monoisotopic (exact) mass is 435 g/mol. The first-order valence-electron chi connectivity index (χ1n) is 8.64. The van der Waals surface area contributed by atoms with Crippen LogP contribution >= 0.6 is 23.1 Å². The van der Waals surface area contributed by atoms with Crippen LogP contribution in [0.5, 0.6) is 0 Å². The van der Waals surface area contributed by atoms with Gasteiger partial charge >= 0.3 is 0 Å². The number of carbonyl (C=O) groups excluding carboxylic acids is 1. The average molecular weight is 436 g/mol. The van der Waals surface area contributed by atoms with Crippen LogP contribution in [0.3, 0.4) is 0 Å². The van der Waals surface area contributed by atoms with Crippen molar-refractivity contribution in [1.29, 1.82) is 0 Å². The normalized spacial score (nSPS) is 11.9. The number of carbonyl (C=O) groups is 1. The number of rotatable bonds is 7. The molecule has 0 radical (unpaired) electrons. The molecular weight excluding hydrogens is 414 g/mol. The van der Waals surface area contributed by atoms with E-state index in [2.05, 4.69) is 17.2 Å². The van der Waals surface area contributed by atoms with Crippen LogP contribution in [0, 0.1) is 0 Å². The summed E-state index contributed by atoms with van der Waals surface area (Å²) >= 11 is 3.02. The van der Waals surface area contributed by atoms with Crippen LogP contribution in [0.4, 0.5) is 5.13 Å². The molecule has 0 atom stereocenters. The fourth-order valence-corrected chi connectivity index (χ4v) is 5.13. The maximum Gasteiger partial charge on any atom is 0.242 e. The number of sulfonamides is 1. The second kappa shape index (κ2) is 8.60. The van der Waals surface area contributed by atoms with Gasteiger partial charge in [-0.1, -0.05) is 30.4 Å². The van der Waals surface area contributed by atoms with Crippen molar-refractivity contribution in [2.24, 2.45) is 0 Å². The Morgan fingerprint density at radius 2 is 1.89 bits per heavy atom. The van der Waals surface area contributed by atoms with Gasteiger partial charge in [-0.25, -0.2) is 17.7 Å². The molecule has 1 heterocycles. The third-order valence-corrected chi connectivity index (χ3v) is 7.62. The highest BCUT2D eigenvalue weighted by atomic mass is 32.2. The molecule has 0 aliphatic carbocycles. The molecule has 2 aromatic carbocycles. The maximum absolute atomic E-state index is 12.3. The molecule has 0 spiro atoms. The Morgan fingerprint density at radius 3 is 2.54 bits per heavy atom. The van der Waals surface area contributed by atoms with E-state index in [1.807, 2.05) is 24.3 Å². The van der Waals surface area contributed by atoms with Gasteiger partial charge in [-0.3, -0.25) is 4.79 Å². The van der Waals surface area contributed by atoms with Gasteiger partial charge in [-0.05, 0) is 41.6 Å². The van der Waals surface area contributed by atoms with Gasteiger partial charge in [0.05, 0.1) is 21.5 Å². The zero-order valence-electron chi connectivity index (χ0n) is 15.8. The summed E-state index contributed by atoms with van der Waals surface area (Å²) in [6.07, 6.45) is 0.257. The third-order valence-electron chi connectivity index (χ3n) is 3.98. The van der Waals surface area contributed by atoms with Crippen molar-refractivity contribution in [3.05, 3.63) is 48.0 Å². The molecule has 0 unspecified atom stereocenters. The van der Waals surface area contributed by atoms with Gasteiger partial charge in [0.25, 0.3) is 0 Å². The predicted octanol–water partition coefficient (Wildman–Crippen LogP) is 3.84. The van der Waals surface area contributed by atoms with Crippen molar-refractivity contribution in [1.82, 2.24) is 9.29 Å². The molecule has 0 bridgehead atoms. The Morgan fingerprint density at radius 1 is 1.18 bits per heavy atom. The Hall–Kier alpha value is -1.94. The molecule has 0 saturated carbocycles. The first kappa shape index (κ1) is 20.8. The average Bonchev–Trinajstić information content (AvgIpc) is 3.04. The van der Waals surface area contributed by atoms with Crippen LogP contribution in [0.25, 0.3) is 10.2 Å². The van der Waals surface area contributed by atoms with Crippen LogP contribution in [0.2, 0.25) is 0 Å². The zero-order valence-corrected chi connectivity index (χ0v) is 18.2. The van der Waals surface area contributed by atoms with Gasteiger partial charge in [0.1, 0.15) is 0 Å². The van der Waals surface area contributed by atoms with E-state index in [1.54, 1.807) is 23.9 Å². The number of hydrogen-bond donors (Lipinski definition) is 1. The number of nitrogens with one attached hydrogen (secondary N) is 1. The first-order valence-corrected chi connectivity index (χ1v) is 11.9. The maximum atomic E-state index is 12.3. The quantitative estimate of drug-likeness (QED) is 0.571. The Labute approximate surface area is 173 Å². The summed E-state index contributed by atoms with van der Waals surface area (Å²) in [6, 6.07) is 12.7. The van der Waals surface area contributed by atoms with Crippen molar-refractivity contribution < 1.29 is 13.2 Å². The summed E-state index contributed by atoms with van der Waals surface area (Å²) in [7, 11) is -0.525. The van der Waals surface area contributed by atoms with E-state index in [9.17, 15) is 13.2 Å². The molecule has 3 aromatic rings. The number of thiazole rings is 1. The molecule has 28 heavy (non-hydrogen) atoms. The van der Waals surface area contributed by atoms with Crippen LogP contribution in [0.15, 0.2) is 52.3 Å². The SMILES string of the molecule is CCSc1ccc(CC(=O)Nc2nc3ccc(S(=O)(=O)N(C)C)cc3s2)cc1. The second-order valence-electron chi connectivity index (χ2n) is 6.24. The molecule has 0 aliphatic rings. The van der Waals surface area contributed by atoms with Gasteiger partial charge < -0.3 is 5.32 Å². The number of aromatic nitrogens is 1. The number of fused-ring (bicyclic) bond motifs is 1. The minimum absolute atomic E-state index is 0.156. The minimum Gasteiger partial charge on any atom is -0.302 e. The van der Waals surface area contributed by atoms with Gasteiger partial charge in [0.2, 0.25) is 15.9 Å². The van der Waals surface area contributed by atoms with Crippen molar-refractivity contribution in [3.8, 4) is 0 Å². The number of anilines is 1. The number of hydrogen-bond acceptors (Lipinski definition) is 6. The fourth-order valence-electron chi connectivity index (χ4n) is 2.55. The van der Waals surface area contributed by atoms with Crippen molar-refractivity contribution >= 4 is 54.4 Å². The molecule has 1 aromatic heterocycles. The van der Waals surface area contributed by atoms with E-state index in [4.69, 9.17) is 0 Å². The Kier molecular flexibility index (Phi) is 6.39. The van der Waals surface area contributed by atoms with E-state index in [0.29, 0.717) is 15.3 Å². The van der Waals surface area contributed by atoms with Crippen LogP contribution in [-0.4, -0.2) is 43.5 Å². The lowest BCUT2D eigenvalue weighted by molar-refractivity contribution is -0.115. The number of thioether (sulfide) groups is 1. The predicted molar refractivity (Wildman–Crippen MR) is 116 cm³/mol. The van der Waals surface area contributed by atoms with Crippen LogP contribution in [0.1, 0.15) is 12.5 Å². The van der Waals surface area contributed by atoms with Crippen molar-refractivity contribution in [2.75, 3.05) is 25.2 Å². The van der Waals surface area contributed by atoms with Crippen molar-refractivity contribution in [3.63, 3.8) is 0 Å². The smallest absolute Gasteiger partial charge is 0.242 e. The van der Waals surface area contributed by atoms with Gasteiger partial charge in [0, 0.05) is 19.0 Å². The molecule has 3 rings (SSSR count). The molecule has 0 aliphatic heterocycles. The lowest BCUT2D eigenvalue weighted by Crippen LogP contribution is -2.22. The van der Waals surface area contributed by atoms with E-state index in [-0.39, 0.29) is 17.2 Å². The summed E-state index contributed by atoms with van der Waals surface area (Å²) in [4.78, 5) is 18.1. The minimum atomic E-state index is -3.51. The van der Waals surface area contributed by atoms with E-state index in [0.717, 1.165) is 11.3 Å². The molecule has 9 heteroatoms. The molecule has 0 fully saturated rings. The highest BCUT2D eigenvalue weighted by Crippen LogP contribution is 2.29. The first-order chi connectivity index (χ1) is 13.3. The zero-order chi connectivity index (χ0) is 20.3. The number of amides is 1. The molecule has 1 N–H and O–H groups in total.